The van der Waals surface area contributed by atoms with E-state index in [1.54, 1.807) is 11.3 Å². The van der Waals surface area contributed by atoms with E-state index in [9.17, 15) is 0 Å². The van der Waals surface area contributed by atoms with Gasteiger partial charge in [0.15, 0.2) is 5.82 Å². The highest BCUT2D eigenvalue weighted by atomic mass is 32.1. The molecule has 3 aromatic carbocycles. The molecule has 0 saturated heterocycles. The van der Waals surface area contributed by atoms with Crippen LogP contribution >= 0.6 is 11.3 Å². The molecule has 4 heterocycles. The minimum Gasteiger partial charge on any atom is -0.456 e. The fraction of sp³-hybridized carbons (Fsp3) is 0. The number of furan rings is 1. The van der Waals surface area contributed by atoms with Crippen LogP contribution < -0.4 is 0 Å². The molecular weight excluding hydrogens is 414 g/mol. The van der Waals surface area contributed by atoms with Crippen molar-refractivity contribution < 1.29 is 4.42 Å². The van der Waals surface area contributed by atoms with Crippen molar-refractivity contribution in [3.63, 3.8) is 0 Å². The molecule has 7 aromatic rings. The largest absolute Gasteiger partial charge is 0.456 e. The summed E-state index contributed by atoms with van der Waals surface area (Å²) in [6.45, 7) is 0. The normalized spacial score (nSPS) is 11.8. The lowest BCUT2D eigenvalue weighted by atomic mass is 10.1. The van der Waals surface area contributed by atoms with Crippen LogP contribution in [0.1, 0.15) is 0 Å². The molecule has 7 rings (SSSR count). The summed E-state index contributed by atoms with van der Waals surface area (Å²) in [5.74, 6) is 0.710. The second kappa shape index (κ2) is 6.70. The summed E-state index contributed by atoms with van der Waals surface area (Å²) in [6, 6.07) is 28.6. The fourth-order valence-electron chi connectivity index (χ4n) is 4.26. The molecule has 0 amide bonds. The van der Waals surface area contributed by atoms with Gasteiger partial charge in [0.25, 0.3) is 0 Å². The van der Waals surface area contributed by atoms with Crippen LogP contribution in [0.15, 0.2) is 95.5 Å². The van der Waals surface area contributed by atoms with Crippen LogP contribution in [0.5, 0.6) is 0 Å². The Morgan fingerprint density at radius 1 is 0.656 bits per heavy atom. The number of hydrogen-bond donors (Lipinski definition) is 0. The van der Waals surface area contributed by atoms with Crippen LogP contribution in [0, 0.1) is 0 Å². The SMILES string of the molecule is c1ccc(-c2nc(-c3ccc4c(c3)oc3ccccc34)c3sc4ncccc4c3n2)cc1. The molecule has 32 heavy (non-hydrogen) atoms. The molecule has 0 aliphatic heterocycles. The quantitative estimate of drug-likeness (QED) is 0.286. The van der Waals surface area contributed by atoms with Crippen LogP contribution in [0.2, 0.25) is 0 Å². The van der Waals surface area contributed by atoms with Gasteiger partial charge in [-0.1, -0.05) is 54.6 Å². The van der Waals surface area contributed by atoms with E-state index in [0.717, 1.165) is 59.2 Å². The van der Waals surface area contributed by atoms with Gasteiger partial charge in [0, 0.05) is 33.5 Å². The summed E-state index contributed by atoms with van der Waals surface area (Å²) >= 11 is 1.63. The van der Waals surface area contributed by atoms with Gasteiger partial charge < -0.3 is 4.42 Å². The van der Waals surface area contributed by atoms with Gasteiger partial charge in [0.1, 0.15) is 16.0 Å². The number of nitrogens with zero attached hydrogens (tertiary/aromatic N) is 3. The van der Waals surface area contributed by atoms with Gasteiger partial charge in [-0.15, -0.1) is 11.3 Å². The predicted molar refractivity (Wildman–Crippen MR) is 131 cm³/mol. The maximum Gasteiger partial charge on any atom is 0.160 e. The molecule has 4 aromatic heterocycles. The van der Waals surface area contributed by atoms with Crippen LogP contribution in [0.4, 0.5) is 0 Å². The number of benzene rings is 3. The number of hydrogen-bond acceptors (Lipinski definition) is 5. The second-order valence-corrected chi connectivity index (χ2v) is 8.71. The number of pyridine rings is 1. The molecule has 0 fully saturated rings. The average Bonchev–Trinajstić information content (AvgIpc) is 3.42. The fourth-order valence-corrected chi connectivity index (χ4v) is 5.36. The lowest BCUT2D eigenvalue weighted by molar-refractivity contribution is 0.669. The van der Waals surface area contributed by atoms with Gasteiger partial charge in [-0.05, 0) is 30.3 Å². The number of rotatable bonds is 2. The third kappa shape index (κ3) is 2.58. The van der Waals surface area contributed by atoms with Crippen molar-refractivity contribution in [2.75, 3.05) is 0 Å². The van der Waals surface area contributed by atoms with E-state index in [-0.39, 0.29) is 0 Å². The summed E-state index contributed by atoms with van der Waals surface area (Å²) in [7, 11) is 0. The number of aromatic nitrogens is 3. The minimum absolute atomic E-state index is 0.710. The molecule has 0 radical (unpaired) electrons. The maximum absolute atomic E-state index is 6.15. The van der Waals surface area contributed by atoms with Crippen molar-refractivity contribution in [2.45, 2.75) is 0 Å². The Morgan fingerprint density at radius 3 is 2.41 bits per heavy atom. The molecule has 0 aliphatic carbocycles. The second-order valence-electron chi connectivity index (χ2n) is 7.71. The van der Waals surface area contributed by atoms with E-state index < -0.39 is 0 Å². The van der Waals surface area contributed by atoms with E-state index in [2.05, 4.69) is 35.3 Å². The van der Waals surface area contributed by atoms with Crippen molar-refractivity contribution in [2.24, 2.45) is 0 Å². The Kier molecular flexibility index (Phi) is 3.68. The predicted octanol–water partition coefficient (Wildman–Crippen LogP) is 7.47. The maximum atomic E-state index is 6.15. The summed E-state index contributed by atoms with van der Waals surface area (Å²) in [5.41, 5.74) is 5.58. The molecular formula is C27H15N3OS. The topological polar surface area (TPSA) is 51.8 Å². The standard InChI is InChI=1S/C27H15N3OS/c1-2-7-16(8-3-1)26-29-23(25-24(30-26)20-10-6-14-28-27(20)32-25)17-12-13-19-18-9-4-5-11-21(18)31-22(19)15-17/h1-15H. The van der Waals surface area contributed by atoms with Gasteiger partial charge in [0.2, 0.25) is 0 Å². The first-order valence-corrected chi connectivity index (χ1v) is 11.2. The highest BCUT2D eigenvalue weighted by Gasteiger charge is 2.18. The van der Waals surface area contributed by atoms with Crippen molar-refractivity contribution in [1.29, 1.82) is 0 Å². The molecule has 0 unspecified atom stereocenters. The molecule has 150 valence electrons. The Labute approximate surface area is 186 Å². The van der Waals surface area contributed by atoms with Gasteiger partial charge in [-0.25, -0.2) is 15.0 Å². The Balaban J connectivity index is 1.55. The first-order chi connectivity index (χ1) is 15.8. The zero-order valence-electron chi connectivity index (χ0n) is 16.8. The summed E-state index contributed by atoms with van der Waals surface area (Å²) in [4.78, 5) is 15.5. The number of fused-ring (bicyclic) bond motifs is 6. The van der Waals surface area contributed by atoms with Crippen molar-refractivity contribution in [3.8, 4) is 22.6 Å². The van der Waals surface area contributed by atoms with Crippen molar-refractivity contribution in [3.05, 3.63) is 91.1 Å². The number of para-hydroxylation sites is 1. The van der Waals surface area contributed by atoms with E-state index in [4.69, 9.17) is 14.4 Å². The third-order valence-corrected chi connectivity index (χ3v) is 6.88. The number of thiophene rings is 1. The van der Waals surface area contributed by atoms with Gasteiger partial charge in [-0.2, -0.15) is 0 Å². The summed E-state index contributed by atoms with van der Waals surface area (Å²) in [6.07, 6.45) is 1.82. The lowest BCUT2D eigenvalue weighted by Gasteiger charge is -2.07. The molecule has 0 bridgehead atoms. The zero-order chi connectivity index (χ0) is 21.1. The average molecular weight is 430 g/mol. The third-order valence-electron chi connectivity index (χ3n) is 5.77. The smallest absolute Gasteiger partial charge is 0.160 e. The highest BCUT2D eigenvalue weighted by Crippen LogP contribution is 2.40. The summed E-state index contributed by atoms with van der Waals surface area (Å²) in [5, 5.41) is 3.28. The molecule has 0 saturated carbocycles. The first-order valence-electron chi connectivity index (χ1n) is 10.4. The van der Waals surface area contributed by atoms with E-state index in [1.807, 2.05) is 60.8 Å². The molecule has 0 atom stereocenters. The van der Waals surface area contributed by atoms with E-state index in [0.29, 0.717) is 5.82 Å². The van der Waals surface area contributed by atoms with Crippen molar-refractivity contribution in [1.82, 2.24) is 15.0 Å². The molecule has 0 spiro atoms. The summed E-state index contributed by atoms with van der Waals surface area (Å²) < 4.78 is 7.18. The Morgan fingerprint density at radius 2 is 1.47 bits per heavy atom. The van der Waals surface area contributed by atoms with Crippen LogP contribution in [-0.4, -0.2) is 15.0 Å². The highest BCUT2D eigenvalue weighted by molar-refractivity contribution is 7.25. The van der Waals surface area contributed by atoms with Crippen LogP contribution in [0.3, 0.4) is 0 Å². The lowest BCUT2D eigenvalue weighted by Crippen LogP contribution is -1.93. The Hall–Kier alpha value is -4.09. The minimum atomic E-state index is 0.710. The van der Waals surface area contributed by atoms with Crippen LogP contribution in [0.25, 0.3) is 65.0 Å². The molecule has 0 N–H and O–H groups in total. The van der Waals surface area contributed by atoms with Crippen molar-refractivity contribution >= 4 is 53.7 Å². The van der Waals surface area contributed by atoms with Gasteiger partial charge >= 0.3 is 0 Å². The molecule has 5 heteroatoms. The van der Waals surface area contributed by atoms with Crippen LogP contribution in [-0.2, 0) is 0 Å². The molecule has 0 aliphatic rings. The van der Waals surface area contributed by atoms with Gasteiger partial charge in [0.05, 0.1) is 15.9 Å². The van der Waals surface area contributed by atoms with E-state index >= 15 is 0 Å². The zero-order valence-corrected chi connectivity index (χ0v) is 17.6. The molecule has 4 nitrogen and oxygen atoms in total. The first kappa shape index (κ1) is 17.6. The van der Waals surface area contributed by atoms with E-state index in [1.165, 1.54) is 0 Å². The Bertz CT molecular complexity index is 1780. The monoisotopic (exact) mass is 429 g/mol. The van der Waals surface area contributed by atoms with Gasteiger partial charge in [-0.3, -0.25) is 0 Å².